The van der Waals surface area contributed by atoms with Crippen LogP contribution in [0.1, 0.15) is 12.0 Å². The molecule has 0 spiro atoms. The molecule has 0 saturated carbocycles. The minimum absolute atomic E-state index is 0.255. The number of anilines is 2. The van der Waals surface area contributed by atoms with Gasteiger partial charge >= 0.3 is 0 Å². The molecule has 130 valence electrons. The van der Waals surface area contributed by atoms with Crippen LogP contribution in [0.2, 0.25) is 5.02 Å². The largest absolute Gasteiger partial charge is 0.497 e. The van der Waals surface area contributed by atoms with E-state index in [1.54, 1.807) is 26.4 Å². The summed E-state index contributed by atoms with van der Waals surface area (Å²) >= 11 is 5.96. The normalized spacial score (nSPS) is 16.4. The number of halogens is 1. The molecule has 1 N–H and O–H groups in total. The van der Waals surface area contributed by atoms with Crippen molar-refractivity contribution in [3.05, 3.63) is 47.0 Å². The summed E-state index contributed by atoms with van der Waals surface area (Å²) in [6, 6.07) is 13.7. The zero-order valence-electron chi connectivity index (χ0n) is 14.3. The third kappa shape index (κ3) is 3.92. The maximum atomic E-state index is 9.28. The van der Waals surface area contributed by atoms with Crippen molar-refractivity contribution in [3.63, 3.8) is 0 Å². The van der Waals surface area contributed by atoms with Gasteiger partial charge in [0.05, 0.1) is 25.5 Å². The number of methoxy groups -OCH3 is 2. The average Bonchev–Trinajstić information content (AvgIpc) is 3.11. The number of hydrogen-bond donors (Lipinski definition) is 1. The van der Waals surface area contributed by atoms with Gasteiger partial charge in [0.25, 0.3) is 0 Å². The molecule has 6 heteroatoms. The predicted molar refractivity (Wildman–Crippen MR) is 100.0 cm³/mol. The number of nitriles is 1. The number of hydrogen-bond acceptors (Lipinski definition) is 5. The first-order valence-corrected chi connectivity index (χ1v) is 8.45. The second kappa shape index (κ2) is 7.54. The summed E-state index contributed by atoms with van der Waals surface area (Å²) in [5.41, 5.74) is 2.45. The molecule has 0 radical (unpaired) electrons. The number of rotatable bonds is 5. The Morgan fingerprint density at radius 2 is 1.88 bits per heavy atom. The fourth-order valence-electron chi connectivity index (χ4n) is 3.04. The minimum atomic E-state index is 0.255. The van der Waals surface area contributed by atoms with Gasteiger partial charge < -0.3 is 19.7 Å². The van der Waals surface area contributed by atoms with E-state index in [2.05, 4.69) is 16.3 Å². The number of nitrogens with zero attached hydrogens (tertiary/aromatic N) is 2. The molecule has 1 aliphatic heterocycles. The molecule has 0 aromatic heterocycles. The molecular weight excluding hydrogens is 338 g/mol. The van der Waals surface area contributed by atoms with E-state index >= 15 is 0 Å². The lowest BCUT2D eigenvalue weighted by atomic mass is 10.1. The molecule has 1 fully saturated rings. The van der Waals surface area contributed by atoms with Crippen LogP contribution in [0.5, 0.6) is 11.5 Å². The topological polar surface area (TPSA) is 57.5 Å². The molecule has 0 bridgehead atoms. The Labute approximate surface area is 152 Å². The molecular formula is C19H20ClN3O2. The van der Waals surface area contributed by atoms with E-state index in [1.165, 1.54) is 0 Å². The number of ether oxygens (including phenoxy) is 2. The van der Waals surface area contributed by atoms with Gasteiger partial charge in [0, 0.05) is 48.0 Å². The number of benzene rings is 2. The van der Waals surface area contributed by atoms with Crippen molar-refractivity contribution in [2.24, 2.45) is 0 Å². The molecule has 0 aliphatic carbocycles. The van der Waals surface area contributed by atoms with Crippen LogP contribution in [0.25, 0.3) is 0 Å². The van der Waals surface area contributed by atoms with E-state index in [9.17, 15) is 5.26 Å². The maximum Gasteiger partial charge on any atom is 0.124 e. The maximum absolute atomic E-state index is 9.28. The summed E-state index contributed by atoms with van der Waals surface area (Å²) in [5, 5.41) is 13.3. The zero-order chi connectivity index (χ0) is 17.8. The van der Waals surface area contributed by atoms with E-state index in [4.69, 9.17) is 21.1 Å². The first kappa shape index (κ1) is 17.2. The quantitative estimate of drug-likeness (QED) is 0.878. The monoisotopic (exact) mass is 357 g/mol. The fourth-order valence-corrected chi connectivity index (χ4v) is 3.21. The summed E-state index contributed by atoms with van der Waals surface area (Å²) in [4.78, 5) is 2.28. The first-order valence-electron chi connectivity index (χ1n) is 8.07. The van der Waals surface area contributed by atoms with Crippen LogP contribution < -0.4 is 19.7 Å². The Hall–Kier alpha value is -2.58. The lowest BCUT2D eigenvalue weighted by molar-refractivity contribution is 0.394. The second-order valence-corrected chi connectivity index (χ2v) is 6.38. The molecule has 1 aliphatic rings. The van der Waals surface area contributed by atoms with Gasteiger partial charge in [0.15, 0.2) is 0 Å². The van der Waals surface area contributed by atoms with E-state index in [1.807, 2.05) is 24.3 Å². The van der Waals surface area contributed by atoms with E-state index in [-0.39, 0.29) is 6.04 Å². The van der Waals surface area contributed by atoms with E-state index in [0.29, 0.717) is 10.6 Å². The highest BCUT2D eigenvalue weighted by molar-refractivity contribution is 6.30. The van der Waals surface area contributed by atoms with Gasteiger partial charge in [0.1, 0.15) is 17.6 Å². The zero-order valence-corrected chi connectivity index (χ0v) is 15.0. The van der Waals surface area contributed by atoms with E-state index in [0.717, 1.165) is 42.4 Å². The van der Waals surface area contributed by atoms with Crippen LogP contribution in [-0.4, -0.2) is 33.4 Å². The molecule has 1 saturated heterocycles. The number of nitrogens with one attached hydrogen (secondary N) is 1. The molecule has 2 aromatic rings. The SMILES string of the molecule is COc1cc(OC)cc(N2CCC(Nc3ccc(Cl)cc3C#N)C2)c1. The van der Waals surface area contributed by atoms with Crippen LogP contribution in [0, 0.1) is 11.3 Å². The van der Waals surface area contributed by atoms with Crippen molar-refractivity contribution < 1.29 is 9.47 Å². The van der Waals surface area contributed by atoms with Crippen molar-refractivity contribution in [2.45, 2.75) is 12.5 Å². The Balaban J connectivity index is 1.73. The fraction of sp³-hybridized carbons (Fsp3) is 0.316. The molecule has 5 nitrogen and oxygen atoms in total. The lowest BCUT2D eigenvalue weighted by Gasteiger charge is -2.21. The highest BCUT2D eigenvalue weighted by Gasteiger charge is 2.24. The standard InChI is InChI=1S/C19H20ClN3O2/c1-24-17-8-16(9-18(10-17)25-2)23-6-5-15(12-23)22-19-4-3-14(20)7-13(19)11-21/h3-4,7-10,15,22H,5-6,12H2,1-2H3. The van der Waals surface area contributed by atoms with Crippen molar-refractivity contribution in [2.75, 3.05) is 37.5 Å². The van der Waals surface area contributed by atoms with Crippen molar-refractivity contribution in [1.82, 2.24) is 0 Å². The molecule has 2 aromatic carbocycles. The Bertz CT molecular complexity index is 781. The summed E-state index contributed by atoms with van der Waals surface area (Å²) in [6.07, 6.45) is 0.979. The highest BCUT2D eigenvalue weighted by Crippen LogP contribution is 2.31. The molecule has 1 unspecified atom stereocenters. The predicted octanol–water partition coefficient (Wildman–Crippen LogP) is 3.92. The Morgan fingerprint density at radius 1 is 1.16 bits per heavy atom. The van der Waals surface area contributed by atoms with Gasteiger partial charge in [-0.3, -0.25) is 0 Å². The summed E-state index contributed by atoms with van der Waals surface area (Å²) < 4.78 is 10.7. The smallest absolute Gasteiger partial charge is 0.124 e. The van der Waals surface area contributed by atoms with Gasteiger partial charge in [-0.25, -0.2) is 0 Å². The molecule has 1 atom stereocenters. The molecule has 1 heterocycles. The summed E-state index contributed by atoms with van der Waals surface area (Å²) in [7, 11) is 3.30. The molecule has 25 heavy (non-hydrogen) atoms. The highest BCUT2D eigenvalue weighted by atomic mass is 35.5. The molecule has 0 amide bonds. The van der Waals surface area contributed by atoms with Gasteiger partial charge in [-0.15, -0.1) is 0 Å². The van der Waals surface area contributed by atoms with Crippen molar-refractivity contribution >= 4 is 23.0 Å². The van der Waals surface area contributed by atoms with E-state index < -0.39 is 0 Å². The Kier molecular flexibility index (Phi) is 5.20. The van der Waals surface area contributed by atoms with Gasteiger partial charge in [-0.1, -0.05) is 11.6 Å². The summed E-state index contributed by atoms with van der Waals surface area (Å²) in [5.74, 6) is 1.55. The first-order chi connectivity index (χ1) is 12.1. The Morgan fingerprint density at radius 3 is 2.52 bits per heavy atom. The average molecular weight is 358 g/mol. The van der Waals surface area contributed by atoms with Crippen LogP contribution >= 0.6 is 11.6 Å². The third-order valence-corrected chi connectivity index (χ3v) is 4.59. The van der Waals surface area contributed by atoms with Gasteiger partial charge in [0.2, 0.25) is 0 Å². The lowest BCUT2D eigenvalue weighted by Crippen LogP contribution is -2.26. The third-order valence-electron chi connectivity index (χ3n) is 4.35. The second-order valence-electron chi connectivity index (χ2n) is 5.95. The minimum Gasteiger partial charge on any atom is -0.497 e. The van der Waals surface area contributed by atoms with Gasteiger partial charge in [-0.2, -0.15) is 5.26 Å². The van der Waals surface area contributed by atoms with Crippen molar-refractivity contribution in [1.29, 1.82) is 5.26 Å². The van der Waals surface area contributed by atoms with Gasteiger partial charge in [-0.05, 0) is 24.6 Å². The molecule has 3 rings (SSSR count). The van der Waals surface area contributed by atoms with Crippen LogP contribution in [0.15, 0.2) is 36.4 Å². The van der Waals surface area contributed by atoms with Crippen molar-refractivity contribution in [3.8, 4) is 17.6 Å². The van der Waals surface area contributed by atoms with Crippen LogP contribution in [-0.2, 0) is 0 Å². The van der Waals surface area contributed by atoms with Crippen LogP contribution in [0.3, 0.4) is 0 Å². The van der Waals surface area contributed by atoms with Crippen LogP contribution in [0.4, 0.5) is 11.4 Å². The summed E-state index contributed by atoms with van der Waals surface area (Å²) in [6.45, 7) is 1.76.